The minimum Gasteiger partial charge on any atom is -0.497 e. The molecule has 1 N–H and O–H groups in total. The molecule has 2 bridgehead atoms. The van der Waals surface area contributed by atoms with Gasteiger partial charge in [0.1, 0.15) is 23.9 Å². The van der Waals surface area contributed by atoms with Crippen molar-refractivity contribution in [3.05, 3.63) is 138 Å². The average molecular weight is 955 g/mol. The fourth-order valence-electron chi connectivity index (χ4n) is 9.81. The second kappa shape index (κ2) is 23.9. The monoisotopic (exact) mass is 955 g/mol. The number of fused-ring (bicyclic) bond motifs is 2. The number of benzene rings is 4. The summed E-state index contributed by atoms with van der Waals surface area (Å²) in [7, 11) is 2.79. The Kier molecular flexibility index (Phi) is 18.8. The summed E-state index contributed by atoms with van der Waals surface area (Å²) in [5, 5.41) is 13.0. The molecule has 0 spiro atoms. The summed E-state index contributed by atoms with van der Waals surface area (Å²) in [6.07, 6.45) is 2.84. The van der Waals surface area contributed by atoms with Crippen molar-refractivity contribution in [1.82, 2.24) is 0 Å². The first kappa shape index (κ1) is 52.9. The lowest BCUT2D eigenvalue weighted by molar-refractivity contribution is -0.234. The van der Waals surface area contributed by atoms with Crippen LogP contribution in [0.1, 0.15) is 77.5 Å². The Morgan fingerprint density at radius 2 is 1.36 bits per heavy atom. The fraction of sp³-hybridized carbons (Fsp3) is 0.536. The Morgan fingerprint density at radius 1 is 0.776 bits per heavy atom. The molecule has 0 saturated heterocycles. The SMILES string of the molecule is COCO[C@@H]1C2CCC(=C[C@@H](Sc3ccccc3)[C@H]([C@@](COCc3ccc(OC)cc3)(OCc3ccccc3)[C@@H](CCO[Si](C)(C)C(C)(C)C)OCc3ccc(OC)cc3)[C@H](C)[C@@H]1O)C2(C)C. The van der Waals surface area contributed by atoms with Crippen LogP contribution in [0.25, 0.3) is 0 Å². The third kappa shape index (κ3) is 13.2. The lowest BCUT2D eigenvalue weighted by Crippen LogP contribution is -2.62. The van der Waals surface area contributed by atoms with Crippen LogP contribution < -0.4 is 9.47 Å². The normalized spacial score (nSPS) is 23.3. The zero-order chi connectivity index (χ0) is 48.2. The molecule has 11 heteroatoms. The topological polar surface area (TPSA) is 94.1 Å². The third-order valence-electron chi connectivity index (χ3n) is 14.9. The van der Waals surface area contributed by atoms with Crippen LogP contribution in [0.15, 0.2) is 126 Å². The fourth-order valence-corrected chi connectivity index (χ4v) is 12.4. The molecule has 2 aliphatic carbocycles. The molecule has 366 valence electrons. The number of aliphatic hydroxyl groups is 1. The zero-order valence-electron chi connectivity index (χ0n) is 42.0. The minimum absolute atomic E-state index is 0.00182. The highest BCUT2D eigenvalue weighted by Crippen LogP contribution is 2.55. The molecule has 4 aromatic rings. The molecule has 0 heterocycles. The first-order chi connectivity index (χ1) is 32.0. The quantitative estimate of drug-likeness (QED) is 0.0440. The highest BCUT2D eigenvalue weighted by Gasteiger charge is 2.58. The second-order valence-corrected chi connectivity index (χ2v) is 26.5. The van der Waals surface area contributed by atoms with Crippen molar-refractivity contribution in [3.63, 3.8) is 0 Å². The Morgan fingerprint density at radius 3 is 1.94 bits per heavy atom. The van der Waals surface area contributed by atoms with Crippen LogP contribution in [0.5, 0.6) is 11.5 Å². The molecule has 1 unspecified atom stereocenters. The predicted octanol–water partition coefficient (Wildman–Crippen LogP) is 12.3. The number of hydrogen-bond donors (Lipinski definition) is 1. The van der Waals surface area contributed by atoms with Gasteiger partial charge in [-0.25, -0.2) is 0 Å². The molecule has 1 saturated carbocycles. The number of hydrogen-bond acceptors (Lipinski definition) is 10. The van der Waals surface area contributed by atoms with Crippen LogP contribution in [0, 0.1) is 23.2 Å². The molecular weight excluding hydrogens is 877 g/mol. The average Bonchev–Trinajstić information content (AvgIpc) is 3.61. The Hall–Kier alpha value is -3.49. The predicted molar refractivity (Wildman–Crippen MR) is 272 cm³/mol. The van der Waals surface area contributed by atoms with E-state index in [9.17, 15) is 5.11 Å². The van der Waals surface area contributed by atoms with Crippen molar-refractivity contribution in [3.8, 4) is 11.5 Å². The van der Waals surface area contributed by atoms with E-state index in [0.717, 1.165) is 45.9 Å². The number of thioether (sulfide) groups is 1. The maximum atomic E-state index is 13.2. The van der Waals surface area contributed by atoms with E-state index in [-0.39, 0.29) is 41.6 Å². The van der Waals surface area contributed by atoms with Gasteiger partial charge in [0.2, 0.25) is 0 Å². The van der Waals surface area contributed by atoms with Crippen LogP contribution in [0.3, 0.4) is 0 Å². The number of methoxy groups -OCH3 is 3. The maximum absolute atomic E-state index is 13.2. The van der Waals surface area contributed by atoms with Crippen molar-refractivity contribution in [2.75, 3.05) is 41.3 Å². The molecule has 9 nitrogen and oxygen atoms in total. The van der Waals surface area contributed by atoms with Gasteiger partial charge in [0, 0.05) is 29.8 Å². The summed E-state index contributed by atoms with van der Waals surface area (Å²) in [5.41, 5.74) is 2.94. The molecule has 0 aromatic heterocycles. The Bertz CT molecular complexity index is 2110. The van der Waals surface area contributed by atoms with Gasteiger partial charge < -0.3 is 42.7 Å². The summed E-state index contributed by atoms with van der Waals surface area (Å²) in [5.74, 6) is 0.808. The van der Waals surface area contributed by atoms with E-state index in [1.54, 1.807) is 21.3 Å². The Balaban J connectivity index is 1.60. The van der Waals surface area contributed by atoms with Crippen molar-refractivity contribution < 1.29 is 42.7 Å². The highest BCUT2D eigenvalue weighted by atomic mass is 32.2. The summed E-state index contributed by atoms with van der Waals surface area (Å²) >= 11 is 1.82. The van der Waals surface area contributed by atoms with Gasteiger partial charge in [-0.3, -0.25) is 0 Å². The molecule has 6 rings (SSSR count). The van der Waals surface area contributed by atoms with Gasteiger partial charge in [0.05, 0.1) is 59.0 Å². The van der Waals surface area contributed by atoms with Gasteiger partial charge in [0.25, 0.3) is 0 Å². The largest absolute Gasteiger partial charge is 0.497 e. The van der Waals surface area contributed by atoms with Crippen molar-refractivity contribution >= 4 is 20.1 Å². The number of rotatable bonds is 23. The molecule has 2 aliphatic rings. The number of ether oxygens (including phenoxy) is 7. The van der Waals surface area contributed by atoms with Crippen molar-refractivity contribution in [2.24, 2.45) is 23.2 Å². The lowest BCUT2D eigenvalue weighted by atomic mass is 9.68. The second-order valence-electron chi connectivity index (χ2n) is 20.5. The van der Waals surface area contributed by atoms with Gasteiger partial charge in [-0.15, -0.1) is 11.8 Å². The summed E-state index contributed by atoms with van der Waals surface area (Å²) < 4.78 is 52.6. The van der Waals surface area contributed by atoms with Crippen LogP contribution in [-0.2, 0) is 47.9 Å². The van der Waals surface area contributed by atoms with E-state index in [1.807, 2.05) is 66.4 Å². The lowest BCUT2D eigenvalue weighted by Gasteiger charge is -2.51. The van der Waals surface area contributed by atoms with E-state index in [4.69, 9.17) is 37.6 Å². The molecule has 67 heavy (non-hydrogen) atoms. The zero-order valence-corrected chi connectivity index (χ0v) is 43.8. The molecule has 0 amide bonds. The van der Waals surface area contributed by atoms with E-state index in [1.165, 1.54) is 5.57 Å². The molecule has 0 aliphatic heterocycles. The summed E-state index contributed by atoms with van der Waals surface area (Å²) in [6, 6.07) is 37.0. The number of aliphatic hydroxyl groups excluding tert-OH is 1. The van der Waals surface area contributed by atoms with Gasteiger partial charge in [0.15, 0.2) is 8.32 Å². The van der Waals surface area contributed by atoms with E-state index in [2.05, 4.69) is 115 Å². The minimum atomic E-state index is -2.21. The van der Waals surface area contributed by atoms with Gasteiger partial charge in [-0.2, -0.15) is 0 Å². The highest BCUT2D eigenvalue weighted by molar-refractivity contribution is 8.00. The van der Waals surface area contributed by atoms with Crippen LogP contribution in [0.4, 0.5) is 0 Å². The molecular formula is C56H78O9SSi. The molecule has 1 fully saturated rings. The van der Waals surface area contributed by atoms with Gasteiger partial charge in [-0.1, -0.05) is 126 Å². The number of allylic oxidation sites excluding steroid dienone is 1. The molecule has 4 aromatic carbocycles. The van der Waals surface area contributed by atoms with Crippen LogP contribution in [0.2, 0.25) is 18.1 Å². The van der Waals surface area contributed by atoms with Crippen molar-refractivity contribution in [1.29, 1.82) is 0 Å². The van der Waals surface area contributed by atoms with Crippen LogP contribution in [-0.4, -0.2) is 83.9 Å². The standard InChI is InChI=1S/C56H78O9SSi/c1-40-51(49(66-47-20-16-13-17-21-47)34-44-26-31-48(55(44,5)6)53(52(40)57)63-39-58-7)56(64-37-41-18-14-12-15-19-41,38-61-35-42-22-27-45(59-8)28-23-42)50(32-33-65-67(10,11)54(2,3)4)62-36-43-24-29-46(60-9)30-25-43/h12-25,27-30,34,40,48-53,57H,26,31-33,35-39H2,1-11H3/t40-,48?,49+,50+,51+,52-,53+,56-/m0/s1. The summed E-state index contributed by atoms with van der Waals surface area (Å²) in [4.78, 5) is 1.13. The summed E-state index contributed by atoms with van der Waals surface area (Å²) in [6.45, 7) is 19.8. The molecule has 8 atom stereocenters. The smallest absolute Gasteiger partial charge is 0.191 e. The maximum Gasteiger partial charge on any atom is 0.191 e. The van der Waals surface area contributed by atoms with E-state index >= 15 is 0 Å². The Labute approximate surface area is 407 Å². The van der Waals surface area contributed by atoms with E-state index in [0.29, 0.717) is 26.2 Å². The van der Waals surface area contributed by atoms with Crippen LogP contribution >= 0.6 is 11.8 Å². The molecule has 0 radical (unpaired) electrons. The van der Waals surface area contributed by atoms with Gasteiger partial charge >= 0.3 is 0 Å². The van der Waals surface area contributed by atoms with E-state index < -0.39 is 44.1 Å². The first-order valence-corrected chi connectivity index (χ1v) is 27.8. The third-order valence-corrected chi connectivity index (χ3v) is 20.7. The van der Waals surface area contributed by atoms with Crippen molar-refractivity contribution in [2.45, 2.75) is 133 Å². The van der Waals surface area contributed by atoms with Gasteiger partial charge in [-0.05, 0) is 108 Å². The first-order valence-electron chi connectivity index (χ1n) is 24.0.